The van der Waals surface area contributed by atoms with Crippen molar-refractivity contribution < 1.29 is 14.3 Å². The molecule has 0 saturated carbocycles. The van der Waals surface area contributed by atoms with E-state index < -0.39 is 5.91 Å². The van der Waals surface area contributed by atoms with Gasteiger partial charge in [0.2, 0.25) is 0 Å². The summed E-state index contributed by atoms with van der Waals surface area (Å²) in [6.45, 7) is 8.25. The number of aryl methyl sites for hydroxylation is 1. The van der Waals surface area contributed by atoms with Gasteiger partial charge in [-0.2, -0.15) is 5.01 Å². The summed E-state index contributed by atoms with van der Waals surface area (Å²) in [7, 11) is 0. The van der Waals surface area contributed by atoms with E-state index in [-0.39, 0.29) is 18.3 Å². The van der Waals surface area contributed by atoms with Crippen LogP contribution in [0.5, 0.6) is 5.75 Å². The maximum atomic E-state index is 12.6. The Morgan fingerprint density at radius 3 is 2.51 bits per heavy atom. The molecule has 0 fully saturated rings. The number of fused-ring (bicyclic) bond motifs is 1. The Morgan fingerprint density at radius 2 is 1.85 bits per heavy atom. The molecule has 2 N–H and O–H groups in total. The van der Waals surface area contributed by atoms with Crippen molar-refractivity contribution in [3.8, 4) is 26.9 Å². The Bertz CT molecular complexity index is 1500. The number of aromatic nitrogens is 2. The van der Waals surface area contributed by atoms with Gasteiger partial charge >= 0.3 is 0 Å². The predicted octanol–water partition coefficient (Wildman–Crippen LogP) is 6.23. The molecular weight excluding hydrogens is 554 g/mol. The number of hydrogen-bond donors (Lipinski definition) is 2. The van der Waals surface area contributed by atoms with Crippen LogP contribution in [0.2, 0.25) is 0 Å². The fraction of sp³-hybridized carbons (Fsp3) is 0.286. The smallest absolute Gasteiger partial charge is 0.275 e. The van der Waals surface area contributed by atoms with E-state index in [0.717, 1.165) is 54.9 Å². The minimum Gasteiger partial charge on any atom is -0.492 e. The van der Waals surface area contributed by atoms with Crippen molar-refractivity contribution in [2.75, 3.05) is 25.1 Å². The number of amides is 2. The van der Waals surface area contributed by atoms with Gasteiger partial charge in [0, 0.05) is 23.1 Å². The second-order valence-electron chi connectivity index (χ2n) is 9.00. The van der Waals surface area contributed by atoms with Crippen LogP contribution >= 0.6 is 35.1 Å². The van der Waals surface area contributed by atoms with Crippen LogP contribution in [-0.4, -0.2) is 46.5 Å². The molecule has 204 valence electrons. The molecule has 4 heterocycles. The zero-order valence-electron chi connectivity index (χ0n) is 21.9. The molecule has 1 aromatic carbocycles. The van der Waals surface area contributed by atoms with Crippen molar-refractivity contribution in [1.82, 2.24) is 20.3 Å². The predicted molar refractivity (Wildman–Crippen MR) is 161 cm³/mol. The lowest BCUT2D eigenvalue weighted by Gasteiger charge is -2.17. The minimum atomic E-state index is -0.416. The number of imide groups is 1. The SMILES string of the molecule is CCCCNCCOc1ccc(-c2sc3nc(-c4cccs4)nc(NN4C(=O)C=C(C)C4=O)c3c2C)cc1.Cl. The maximum absolute atomic E-state index is 12.6. The highest BCUT2D eigenvalue weighted by Crippen LogP contribution is 2.42. The first-order valence-corrected chi connectivity index (χ1v) is 14.3. The second-order valence-corrected chi connectivity index (χ2v) is 11.0. The topological polar surface area (TPSA) is 96.4 Å². The molecule has 0 radical (unpaired) electrons. The third-order valence-corrected chi connectivity index (χ3v) is 8.32. The lowest BCUT2D eigenvalue weighted by molar-refractivity contribution is -0.135. The van der Waals surface area contributed by atoms with Gasteiger partial charge in [-0.15, -0.1) is 35.1 Å². The molecular formula is C28H30ClN5O3S2. The number of anilines is 1. The summed E-state index contributed by atoms with van der Waals surface area (Å²) in [5.74, 6) is 0.993. The average Bonchev–Trinajstić information content (AvgIpc) is 3.62. The minimum absolute atomic E-state index is 0. The highest BCUT2D eigenvalue weighted by atomic mass is 35.5. The fourth-order valence-electron chi connectivity index (χ4n) is 4.18. The van der Waals surface area contributed by atoms with Crippen molar-refractivity contribution in [2.45, 2.75) is 33.6 Å². The summed E-state index contributed by atoms with van der Waals surface area (Å²) in [6.07, 6.45) is 3.67. The molecule has 5 rings (SSSR count). The third kappa shape index (κ3) is 6.14. The number of nitrogens with one attached hydrogen (secondary N) is 2. The van der Waals surface area contributed by atoms with Crippen molar-refractivity contribution in [1.29, 1.82) is 0 Å². The fourth-order valence-corrected chi connectivity index (χ4v) is 6.03. The van der Waals surface area contributed by atoms with Crippen LogP contribution in [0, 0.1) is 6.92 Å². The van der Waals surface area contributed by atoms with Gasteiger partial charge in [0.15, 0.2) is 11.6 Å². The quantitative estimate of drug-likeness (QED) is 0.160. The van der Waals surface area contributed by atoms with E-state index in [0.29, 0.717) is 23.8 Å². The van der Waals surface area contributed by atoms with Gasteiger partial charge in [0.25, 0.3) is 11.8 Å². The zero-order valence-corrected chi connectivity index (χ0v) is 24.4. The van der Waals surface area contributed by atoms with Crippen LogP contribution in [0.25, 0.3) is 31.4 Å². The first-order valence-electron chi connectivity index (χ1n) is 12.6. The van der Waals surface area contributed by atoms with Gasteiger partial charge in [-0.05, 0) is 73.7 Å². The molecule has 0 spiro atoms. The van der Waals surface area contributed by atoms with Gasteiger partial charge in [-0.25, -0.2) is 9.97 Å². The summed E-state index contributed by atoms with van der Waals surface area (Å²) < 4.78 is 5.88. The first kappa shape index (κ1) is 28.7. The number of carbonyl (C=O) groups excluding carboxylic acids is 2. The molecule has 0 aliphatic carbocycles. The Labute approximate surface area is 241 Å². The second kappa shape index (κ2) is 12.7. The summed E-state index contributed by atoms with van der Waals surface area (Å²) in [6, 6.07) is 11.9. The number of nitrogens with zero attached hydrogens (tertiary/aromatic N) is 3. The lowest BCUT2D eigenvalue weighted by Crippen LogP contribution is -2.36. The molecule has 39 heavy (non-hydrogen) atoms. The highest BCUT2D eigenvalue weighted by molar-refractivity contribution is 7.22. The van der Waals surface area contributed by atoms with Crippen molar-refractivity contribution in [2.24, 2.45) is 0 Å². The molecule has 8 nitrogen and oxygen atoms in total. The third-order valence-electron chi connectivity index (χ3n) is 6.22. The van der Waals surface area contributed by atoms with Crippen LogP contribution in [0.1, 0.15) is 32.3 Å². The molecule has 3 aromatic heterocycles. The van der Waals surface area contributed by atoms with Gasteiger partial charge in [0.05, 0.1) is 10.3 Å². The van der Waals surface area contributed by atoms with E-state index >= 15 is 0 Å². The van der Waals surface area contributed by atoms with Gasteiger partial charge < -0.3 is 10.1 Å². The van der Waals surface area contributed by atoms with E-state index in [1.807, 2.05) is 48.7 Å². The number of hydrazine groups is 1. The highest BCUT2D eigenvalue weighted by Gasteiger charge is 2.30. The number of ether oxygens (including phenoxy) is 1. The molecule has 1 aliphatic heterocycles. The zero-order chi connectivity index (χ0) is 26.6. The summed E-state index contributed by atoms with van der Waals surface area (Å²) >= 11 is 3.09. The Kier molecular flexibility index (Phi) is 9.34. The standard InChI is InChI=1S/C28H29N5O3S2.ClH/c1-4-5-12-29-13-14-36-20-10-8-19(9-11-20)24-18(3)23-26(32-33-22(34)16-17(2)28(33)35)30-25(31-27(23)38-24)21-7-6-15-37-21;/h6-11,15-16,29H,4-5,12-14H2,1-3H3,(H,30,31,32);1H. The van der Waals surface area contributed by atoms with Crippen LogP contribution in [-0.2, 0) is 9.59 Å². The van der Waals surface area contributed by atoms with Crippen molar-refractivity contribution >= 4 is 62.9 Å². The summed E-state index contributed by atoms with van der Waals surface area (Å²) in [5.41, 5.74) is 5.38. The van der Waals surface area contributed by atoms with Crippen LogP contribution in [0.4, 0.5) is 5.82 Å². The number of halogens is 1. The average molecular weight is 584 g/mol. The number of hydrogen-bond acceptors (Lipinski definition) is 9. The first-order chi connectivity index (χ1) is 18.5. The van der Waals surface area contributed by atoms with Crippen LogP contribution < -0.4 is 15.5 Å². The molecule has 0 saturated heterocycles. The normalized spacial score (nSPS) is 13.1. The lowest BCUT2D eigenvalue weighted by atomic mass is 10.1. The summed E-state index contributed by atoms with van der Waals surface area (Å²) in [5, 5.41) is 7.14. The Balaban J connectivity index is 0.00000353. The molecule has 1 aliphatic rings. The number of unbranched alkanes of at least 4 members (excludes halogenated alkanes) is 1. The van der Waals surface area contributed by atoms with Gasteiger partial charge in [-0.1, -0.05) is 19.4 Å². The monoisotopic (exact) mass is 583 g/mol. The summed E-state index contributed by atoms with van der Waals surface area (Å²) in [4.78, 5) is 37.3. The number of benzene rings is 1. The molecule has 0 unspecified atom stereocenters. The van der Waals surface area contributed by atoms with Crippen molar-refractivity contribution in [3.05, 3.63) is 59.0 Å². The van der Waals surface area contributed by atoms with Crippen LogP contribution in [0.3, 0.4) is 0 Å². The molecule has 0 atom stereocenters. The number of thiophene rings is 2. The van der Waals surface area contributed by atoms with E-state index in [9.17, 15) is 9.59 Å². The van der Waals surface area contributed by atoms with E-state index in [4.69, 9.17) is 14.7 Å². The van der Waals surface area contributed by atoms with Crippen molar-refractivity contribution in [3.63, 3.8) is 0 Å². The molecule has 4 aromatic rings. The molecule has 11 heteroatoms. The molecule has 0 bridgehead atoms. The Morgan fingerprint density at radius 1 is 1.05 bits per heavy atom. The Hall–Kier alpha value is -3.31. The largest absolute Gasteiger partial charge is 0.492 e. The van der Waals surface area contributed by atoms with Crippen LogP contribution in [0.15, 0.2) is 53.4 Å². The molecule has 2 amide bonds. The number of carbonyl (C=O) groups is 2. The van der Waals surface area contributed by atoms with Gasteiger partial charge in [0.1, 0.15) is 17.2 Å². The van der Waals surface area contributed by atoms with E-state index in [2.05, 4.69) is 17.7 Å². The maximum Gasteiger partial charge on any atom is 0.275 e. The number of rotatable bonds is 11. The van der Waals surface area contributed by atoms with E-state index in [1.165, 1.54) is 30.3 Å². The van der Waals surface area contributed by atoms with E-state index in [1.54, 1.807) is 18.3 Å². The van der Waals surface area contributed by atoms with Gasteiger partial charge in [-0.3, -0.25) is 15.0 Å².